The van der Waals surface area contributed by atoms with Gasteiger partial charge in [0.05, 0.1) is 0 Å². The van der Waals surface area contributed by atoms with Gasteiger partial charge < -0.3 is 5.11 Å². The molecule has 1 rings (SSSR count). The number of hydrogen-bond donors (Lipinski definition) is 2. The molecule has 0 aliphatic carbocycles. The van der Waals surface area contributed by atoms with E-state index in [1.807, 2.05) is 0 Å². The van der Waals surface area contributed by atoms with Crippen molar-refractivity contribution in [2.45, 2.75) is 11.3 Å². The van der Waals surface area contributed by atoms with E-state index in [0.717, 1.165) is 0 Å². The van der Waals surface area contributed by atoms with Crippen LogP contribution in [0.2, 0.25) is 0 Å². The number of aromatic hydroxyl groups is 1. The molecule has 0 aliphatic heterocycles. The van der Waals surface area contributed by atoms with Crippen molar-refractivity contribution in [1.29, 1.82) is 5.26 Å². The summed E-state index contributed by atoms with van der Waals surface area (Å²) < 4.78 is 46.7. The lowest BCUT2D eigenvalue weighted by Gasteiger charge is -2.07. The van der Waals surface area contributed by atoms with Gasteiger partial charge in [-0.3, -0.25) is 0 Å². The zero-order valence-electron chi connectivity index (χ0n) is 7.55. The summed E-state index contributed by atoms with van der Waals surface area (Å²) in [7, 11) is -4.44. The molecule has 0 amide bonds. The van der Waals surface area contributed by atoms with Gasteiger partial charge in [0, 0.05) is 6.07 Å². The fraction of sp³-hybridized carbons (Fsp3) is 0.143. The third kappa shape index (κ3) is 2.23. The highest BCUT2D eigenvalue weighted by Crippen LogP contribution is 2.28. The molecular weight excluding hydrogens is 244 g/mol. The number of halogens is 2. The molecule has 3 N–H and O–H groups in total. The fourth-order valence-electron chi connectivity index (χ4n) is 0.966. The summed E-state index contributed by atoms with van der Waals surface area (Å²) >= 11 is 0. The Morgan fingerprint density at radius 3 is 2.50 bits per heavy atom. The lowest BCUT2D eigenvalue weighted by Crippen LogP contribution is -2.16. The van der Waals surface area contributed by atoms with Crippen LogP contribution in [-0.2, 0) is 10.0 Å². The Morgan fingerprint density at radius 2 is 2.12 bits per heavy atom. The molecule has 6 nitrogen and oxygen atoms in total. The van der Waals surface area contributed by atoms with Gasteiger partial charge in [-0.05, 0) is 0 Å². The number of nitriles is 1. The van der Waals surface area contributed by atoms with Crippen LogP contribution in [0.5, 0.6) is 5.75 Å². The van der Waals surface area contributed by atoms with Crippen molar-refractivity contribution in [1.82, 2.24) is 4.98 Å². The summed E-state index contributed by atoms with van der Waals surface area (Å²) in [6.45, 7) is 0. The lowest BCUT2D eigenvalue weighted by molar-refractivity contribution is 0.142. The van der Waals surface area contributed by atoms with Crippen LogP contribution in [0.3, 0.4) is 0 Å². The molecule has 0 unspecified atom stereocenters. The van der Waals surface area contributed by atoms with Crippen LogP contribution in [0.1, 0.15) is 17.8 Å². The highest BCUT2D eigenvalue weighted by atomic mass is 32.2. The van der Waals surface area contributed by atoms with Crippen molar-refractivity contribution >= 4 is 10.0 Å². The minimum Gasteiger partial charge on any atom is -0.505 e. The highest BCUT2D eigenvalue weighted by Gasteiger charge is 2.25. The van der Waals surface area contributed by atoms with Crippen molar-refractivity contribution in [2.24, 2.45) is 5.14 Å². The zero-order valence-corrected chi connectivity index (χ0v) is 8.37. The monoisotopic (exact) mass is 249 g/mol. The first-order chi connectivity index (χ1) is 7.27. The molecule has 16 heavy (non-hydrogen) atoms. The van der Waals surface area contributed by atoms with Gasteiger partial charge in [-0.2, -0.15) is 5.26 Å². The van der Waals surface area contributed by atoms with E-state index in [2.05, 4.69) is 10.1 Å². The molecule has 0 spiro atoms. The van der Waals surface area contributed by atoms with E-state index >= 15 is 0 Å². The maximum Gasteiger partial charge on any atom is 0.281 e. The molecule has 0 aromatic carbocycles. The molecule has 1 heterocycles. The molecule has 0 saturated heterocycles. The first-order valence-corrected chi connectivity index (χ1v) is 5.27. The molecule has 0 aliphatic rings. The summed E-state index contributed by atoms with van der Waals surface area (Å²) in [6, 6.07) is 1.81. The molecule has 0 saturated carbocycles. The van der Waals surface area contributed by atoms with E-state index in [1.54, 1.807) is 0 Å². The maximum absolute atomic E-state index is 12.4. The van der Waals surface area contributed by atoms with Crippen LogP contribution in [-0.4, -0.2) is 18.5 Å². The number of nitrogens with zero attached hydrogens (tertiary/aromatic N) is 2. The number of rotatable bonds is 2. The van der Waals surface area contributed by atoms with E-state index < -0.39 is 38.5 Å². The van der Waals surface area contributed by atoms with E-state index in [4.69, 9.17) is 10.4 Å². The molecule has 1 aromatic rings. The van der Waals surface area contributed by atoms with E-state index in [-0.39, 0.29) is 0 Å². The average Bonchev–Trinajstić information content (AvgIpc) is 2.15. The normalized spacial score (nSPS) is 11.4. The maximum atomic E-state index is 12.4. The van der Waals surface area contributed by atoms with Gasteiger partial charge in [0.1, 0.15) is 16.7 Å². The molecule has 9 heteroatoms. The van der Waals surface area contributed by atoms with Crippen molar-refractivity contribution in [3.8, 4) is 11.8 Å². The highest BCUT2D eigenvalue weighted by molar-refractivity contribution is 7.89. The van der Waals surface area contributed by atoms with Crippen LogP contribution in [0.25, 0.3) is 0 Å². The summed E-state index contributed by atoms with van der Waals surface area (Å²) in [6.07, 6.45) is -3.22. The molecule has 86 valence electrons. The first kappa shape index (κ1) is 12.3. The van der Waals surface area contributed by atoms with Gasteiger partial charge in [0.2, 0.25) is 10.0 Å². The Hall–Kier alpha value is -1.79. The summed E-state index contributed by atoms with van der Waals surface area (Å²) in [5.41, 5.74) is -1.85. The average molecular weight is 249 g/mol. The van der Waals surface area contributed by atoms with Gasteiger partial charge in [-0.1, -0.05) is 0 Å². The predicted octanol–water partition coefficient (Wildman–Crippen LogP) is 0.244. The van der Waals surface area contributed by atoms with Crippen LogP contribution >= 0.6 is 0 Å². The quantitative estimate of drug-likeness (QED) is 0.778. The second-order valence-electron chi connectivity index (χ2n) is 2.70. The SMILES string of the molecule is N#Cc1nc(C(F)F)c(S(N)(=O)=O)cc1O. The van der Waals surface area contributed by atoms with Crippen molar-refractivity contribution in [3.05, 3.63) is 17.5 Å². The van der Waals surface area contributed by atoms with Crippen molar-refractivity contribution < 1.29 is 22.3 Å². The third-order valence-corrected chi connectivity index (χ3v) is 2.55. The topological polar surface area (TPSA) is 117 Å². The Balaban J connectivity index is 3.63. The van der Waals surface area contributed by atoms with Crippen LogP contribution in [0.15, 0.2) is 11.0 Å². The standard InChI is InChI=1S/C7H5F2N3O3S/c8-7(9)6-5(16(11,14)15)1-4(13)3(2-10)12-6/h1,7,13H,(H2,11,14,15). The minimum atomic E-state index is -4.44. The Kier molecular flexibility index (Phi) is 3.06. The van der Waals surface area contributed by atoms with Gasteiger partial charge in [0.25, 0.3) is 6.43 Å². The van der Waals surface area contributed by atoms with Gasteiger partial charge in [0.15, 0.2) is 11.4 Å². The van der Waals surface area contributed by atoms with Crippen molar-refractivity contribution in [2.75, 3.05) is 0 Å². The fourth-order valence-corrected chi connectivity index (χ4v) is 1.67. The lowest BCUT2D eigenvalue weighted by atomic mass is 10.3. The molecule has 1 aromatic heterocycles. The first-order valence-electron chi connectivity index (χ1n) is 3.72. The largest absolute Gasteiger partial charge is 0.505 e. The molecule has 0 fully saturated rings. The molecular formula is C7H5F2N3O3S. The molecule has 0 radical (unpaired) electrons. The Labute approximate surface area is 89.0 Å². The second-order valence-corrected chi connectivity index (χ2v) is 4.23. The summed E-state index contributed by atoms with van der Waals surface area (Å²) in [4.78, 5) is 2.04. The number of alkyl halides is 2. The van der Waals surface area contributed by atoms with E-state index in [0.29, 0.717) is 6.07 Å². The van der Waals surface area contributed by atoms with E-state index in [1.165, 1.54) is 6.07 Å². The number of pyridine rings is 1. The number of hydrogen-bond acceptors (Lipinski definition) is 5. The summed E-state index contributed by atoms with van der Waals surface area (Å²) in [5.74, 6) is -0.823. The van der Waals surface area contributed by atoms with E-state index in [9.17, 15) is 17.2 Å². The summed E-state index contributed by atoms with van der Waals surface area (Å²) in [5, 5.41) is 22.2. The zero-order chi connectivity index (χ0) is 12.5. The third-order valence-electron chi connectivity index (χ3n) is 1.61. The molecule has 0 bridgehead atoms. The minimum absolute atomic E-state index is 0.475. The Morgan fingerprint density at radius 1 is 1.56 bits per heavy atom. The second kappa shape index (κ2) is 3.99. The van der Waals surface area contributed by atoms with Crippen molar-refractivity contribution in [3.63, 3.8) is 0 Å². The molecule has 0 atom stereocenters. The predicted molar refractivity (Wildman–Crippen MR) is 46.9 cm³/mol. The number of aromatic nitrogens is 1. The van der Waals surface area contributed by atoms with Crippen LogP contribution in [0, 0.1) is 11.3 Å². The number of nitrogens with two attached hydrogens (primary N) is 1. The van der Waals surface area contributed by atoms with Crippen LogP contribution < -0.4 is 5.14 Å². The number of sulfonamides is 1. The Bertz CT molecular complexity index is 565. The van der Waals surface area contributed by atoms with Gasteiger partial charge >= 0.3 is 0 Å². The van der Waals surface area contributed by atoms with Gasteiger partial charge in [-0.25, -0.2) is 27.3 Å². The van der Waals surface area contributed by atoms with Crippen LogP contribution in [0.4, 0.5) is 8.78 Å². The van der Waals surface area contributed by atoms with Gasteiger partial charge in [-0.15, -0.1) is 0 Å². The number of primary sulfonamides is 1. The smallest absolute Gasteiger partial charge is 0.281 e.